The molecule has 0 bridgehead atoms. The number of anilines is 2. The number of nitrogens with zero attached hydrogens (tertiary/aromatic N) is 3. The Morgan fingerprint density at radius 3 is 2.22 bits per heavy atom. The van der Waals surface area contributed by atoms with Gasteiger partial charge in [-0.1, -0.05) is 36.4 Å². The van der Waals surface area contributed by atoms with E-state index in [0.29, 0.717) is 19.6 Å². The van der Waals surface area contributed by atoms with Crippen LogP contribution in [-0.2, 0) is 22.5 Å². The average molecular weight is 438 g/mol. The first-order valence-corrected chi connectivity index (χ1v) is 11.1. The van der Waals surface area contributed by atoms with Crippen molar-refractivity contribution in [3.05, 3.63) is 59.7 Å². The Hall–Kier alpha value is -3.22. The summed E-state index contributed by atoms with van der Waals surface area (Å²) < 4.78 is 11.0. The number of ether oxygens (including phenoxy) is 2. The van der Waals surface area contributed by atoms with Crippen LogP contribution < -0.4 is 9.80 Å². The number of hydrogen-bond acceptors (Lipinski definition) is 5. The van der Waals surface area contributed by atoms with Crippen LogP contribution in [-0.4, -0.2) is 55.4 Å². The SMILES string of the molecule is CC(C)(C)OC(=O)N1CCc2c(N3CCN(C(=O)OCc4ccccc4)CC3)cccc21. The molecule has 2 heterocycles. The number of carbonyl (C=O) groups is 2. The first-order chi connectivity index (χ1) is 15.3. The van der Waals surface area contributed by atoms with Crippen molar-refractivity contribution in [3.63, 3.8) is 0 Å². The number of hydrogen-bond donors (Lipinski definition) is 0. The van der Waals surface area contributed by atoms with E-state index in [1.165, 1.54) is 5.56 Å². The normalized spacial score (nSPS) is 16.0. The Balaban J connectivity index is 1.36. The fourth-order valence-corrected chi connectivity index (χ4v) is 4.16. The fourth-order valence-electron chi connectivity index (χ4n) is 4.16. The van der Waals surface area contributed by atoms with Gasteiger partial charge in [0.15, 0.2) is 0 Å². The highest BCUT2D eigenvalue weighted by Crippen LogP contribution is 2.36. The van der Waals surface area contributed by atoms with Crippen LogP contribution in [0.25, 0.3) is 0 Å². The van der Waals surface area contributed by atoms with Gasteiger partial charge in [0.05, 0.1) is 5.69 Å². The van der Waals surface area contributed by atoms with Crippen molar-refractivity contribution in [2.45, 2.75) is 39.4 Å². The van der Waals surface area contributed by atoms with Gasteiger partial charge in [0.1, 0.15) is 12.2 Å². The first kappa shape index (κ1) is 22.0. The molecule has 2 aromatic carbocycles. The van der Waals surface area contributed by atoms with Crippen molar-refractivity contribution in [1.82, 2.24) is 4.90 Å². The second-order valence-electron chi connectivity index (χ2n) is 9.17. The van der Waals surface area contributed by atoms with Crippen LogP contribution in [0.15, 0.2) is 48.5 Å². The van der Waals surface area contributed by atoms with Crippen LogP contribution in [0, 0.1) is 0 Å². The highest BCUT2D eigenvalue weighted by atomic mass is 16.6. The molecule has 170 valence electrons. The minimum atomic E-state index is -0.525. The number of carbonyl (C=O) groups excluding carboxylic acids is 2. The minimum Gasteiger partial charge on any atom is -0.445 e. The summed E-state index contributed by atoms with van der Waals surface area (Å²) >= 11 is 0. The quantitative estimate of drug-likeness (QED) is 0.710. The van der Waals surface area contributed by atoms with Crippen molar-refractivity contribution in [3.8, 4) is 0 Å². The summed E-state index contributed by atoms with van der Waals surface area (Å²) in [5, 5.41) is 0. The highest BCUT2D eigenvalue weighted by Gasteiger charge is 2.32. The number of benzene rings is 2. The molecule has 7 nitrogen and oxygen atoms in total. The van der Waals surface area contributed by atoms with E-state index in [-0.39, 0.29) is 18.8 Å². The van der Waals surface area contributed by atoms with E-state index in [1.54, 1.807) is 9.80 Å². The molecule has 7 heteroatoms. The van der Waals surface area contributed by atoms with E-state index in [4.69, 9.17) is 9.47 Å². The zero-order valence-corrected chi connectivity index (χ0v) is 19.0. The van der Waals surface area contributed by atoms with Gasteiger partial charge in [0, 0.05) is 44.0 Å². The Morgan fingerprint density at radius 1 is 0.844 bits per heavy atom. The van der Waals surface area contributed by atoms with Crippen molar-refractivity contribution >= 4 is 23.6 Å². The van der Waals surface area contributed by atoms with Gasteiger partial charge in [-0.2, -0.15) is 0 Å². The van der Waals surface area contributed by atoms with Gasteiger partial charge in [-0.25, -0.2) is 9.59 Å². The molecule has 2 aromatic rings. The molecule has 2 aliphatic heterocycles. The van der Waals surface area contributed by atoms with Crippen molar-refractivity contribution in [1.29, 1.82) is 0 Å². The number of piperazine rings is 1. The van der Waals surface area contributed by atoms with Gasteiger partial charge in [0.2, 0.25) is 0 Å². The fraction of sp³-hybridized carbons (Fsp3) is 0.440. The molecule has 2 amide bonds. The predicted molar refractivity (Wildman–Crippen MR) is 124 cm³/mol. The molecule has 0 N–H and O–H groups in total. The molecule has 32 heavy (non-hydrogen) atoms. The third kappa shape index (κ3) is 4.98. The van der Waals surface area contributed by atoms with Gasteiger partial charge in [0.25, 0.3) is 0 Å². The highest BCUT2D eigenvalue weighted by molar-refractivity contribution is 5.92. The molecule has 4 rings (SSSR count). The largest absolute Gasteiger partial charge is 0.445 e. The smallest absolute Gasteiger partial charge is 0.414 e. The third-order valence-electron chi connectivity index (χ3n) is 5.70. The second-order valence-corrected chi connectivity index (χ2v) is 9.17. The molecular formula is C25H31N3O4. The number of amides is 2. The van der Waals surface area contributed by atoms with Gasteiger partial charge in [-0.05, 0) is 44.9 Å². The molecule has 0 aromatic heterocycles. The topological polar surface area (TPSA) is 62.3 Å². The first-order valence-electron chi connectivity index (χ1n) is 11.1. The Labute approximate surface area is 189 Å². The Kier molecular flexibility index (Phi) is 6.26. The summed E-state index contributed by atoms with van der Waals surface area (Å²) in [4.78, 5) is 30.9. The zero-order chi connectivity index (χ0) is 22.7. The number of fused-ring (bicyclic) bond motifs is 1. The lowest BCUT2D eigenvalue weighted by Gasteiger charge is -2.36. The van der Waals surface area contributed by atoms with Crippen LogP contribution in [0.3, 0.4) is 0 Å². The van der Waals surface area contributed by atoms with Gasteiger partial charge in [-0.15, -0.1) is 0 Å². The summed E-state index contributed by atoms with van der Waals surface area (Å²) in [7, 11) is 0. The predicted octanol–water partition coefficient (Wildman–Crippen LogP) is 4.44. The number of rotatable bonds is 3. The van der Waals surface area contributed by atoms with Crippen molar-refractivity contribution in [2.24, 2.45) is 0 Å². The van der Waals surface area contributed by atoms with E-state index in [9.17, 15) is 9.59 Å². The van der Waals surface area contributed by atoms with E-state index in [1.807, 2.05) is 63.2 Å². The van der Waals surface area contributed by atoms with E-state index >= 15 is 0 Å². The summed E-state index contributed by atoms with van der Waals surface area (Å²) in [6.45, 7) is 9.19. The zero-order valence-electron chi connectivity index (χ0n) is 19.0. The van der Waals surface area contributed by atoms with Crippen LogP contribution >= 0.6 is 0 Å². The van der Waals surface area contributed by atoms with Crippen molar-refractivity contribution in [2.75, 3.05) is 42.5 Å². The molecule has 0 unspecified atom stereocenters. The molecule has 0 spiro atoms. The molecule has 0 saturated carbocycles. The molecule has 2 aliphatic rings. The molecular weight excluding hydrogens is 406 g/mol. The van der Waals surface area contributed by atoms with Crippen LogP contribution in [0.1, 0.15) is 31.9 Å². The maximum Gasteiger partial charge on any atom is 0.414 e. The summed E-state index contributed by atoms with van der Waals surface area (Å²) in [5.41, 5.74) is 3.67. The minimum absolute atomic E-state index is 0.275. The molecule has 0 aliphatic carbocycles. The lowest BCUT2D eigenvalue weighted by atomic mass is 10.1. The maximum atomic E-state index is 12.6. The van der Waals surface area contributed by atoms with Gasteiger partial charge >= 0.3 is 12.2 Å². The monoisotopic (exact) mass is 437 g/mol. The van der Waals surface area contributed by atoms with Crippen LogP contribution in [0.5, 0.6) is 0 Å². The molecule has 1 saturated heterocycles. The van der Waals surface area contributed by atoms with E-state index in [0.717, 1.165) is 36.4 Å². The standard InChI is InChI=1S/C25H31N3O4/c1-25(2,3)32-24(30)28-13-12-20-21(10-7-11-22(20)28)26-14-16-27(17-15-26)23(29)31-18-19-8-5-4-6-9-19/h4-11H,12-18H2,1-3H3. The summed E-state index contributed by atoms with van der Waals surface area (Å²) in [6.07, 6.45) is 0.214. The maximum absolute atomic E-state index is 12.6. The van der Waals surface area contributed by atoms with Crippen molar-refractivity contribution < 1.29 is 19.1 Å². The Bertz CT molecular complexity index is 963. The second kappa shape index (κ2) is 9.10. The molecule has 1 fully saturated rings. The van der Waals surface area contributed by atoms with Crippen LogP contribution in [0.2, 0.25) is 0 Å². The molecule has 0 atom stereocenters. The van der Waals surface area contributed by atoms with E-state index < -0.39 is 5.60 Å². The Morgan fingerprint density at radius 2 is 1.53 bits per heavy atom. The van der Waals surface area contributed by atoms with Gasteiger partial charge in [-0.3, -0.25) is 4.90 Å². The van der Waals surface area contributed by atoms with E-state index in [2.05, 4.69) is 11.0 Å². The summed E-state index contributed by atoms with van der Waals surface area (Å²) in [6, 6.07) is 15.8. The average Bonchev–Trinajstić information content (AvgIpc) is 3.22. The summed E-state index contributed by atoms with van der Waals surface area (Å²) in [5.74, 6) is 0. The van der Waals surface area contributed by atoms with Crippen LogP contribution in [0.4, 0.5) is 21.0 Å². The molecule has 0 radical (unpaired) electrons. The lowest BCUT2D eigenvalue weighted by molar-refractivity contribution is 0.0584. The van der Waals surface area contributed by atoms with Gasteiger partial charge < -0.3 is 19.3 Å². The third-order valence-corrected chi connectivity index (χ3v) is 5.70. The lowest BCUT2D eigenvalue weighted by Crippen LogP contribution is -2.49.